The number of carbonyl (C=O) groups excluding carboxylic acids is 2. The van der Waals surface area contributed by atoms with Gasteiger partial charge in [0, 0.05) is 36.8 Å². The van der Waals surface area contributed by atoms with Crippen LogP contribution in [0.25, 0.3) is 0 Å². The number of likely N-dealkylation sites (N-methyl/N-ethyl adjacent to an activating group) is 1. The maximum Gasteiger partial charge on any atom is 0.246 e. The van der Waals surface area contributed by atoms with Gasteiger partial charge in [0.25, 0.3) is 0 Å². The molecular formula is C27H41N7O4. The number of ether oxygens (including phenoxy) is 1. The first kappa shape index (κ1) is 28.0. The molecule has 208 valence electrons. The summed E-state index contributed by atoms with van der Waals surface area (Å²) in [6, 6.07) is 5.12. The van der Waals surface area contributed by atoms with Crippen molar-refractivity contribution in [3.8, 4) is 5.75 Å². The van der Waals surface area contributed by atoms with E-state index in [0.717, 1.165) is 19.0 Å². The van der Waals surface area contributed by atoms with E-state index in [0.29, 0.717) is 23.5 Å². The van der Waals surface area contributed by atoms with E-state index >= 15 is 0 Å². The van der Waals surface area contributed by atoms with Crippen LogP contribution in [0.1, 0.15) is 51.5 Å². The fourth-order valence-corrected chi connectivity index (χ4v) is 5.52. The van der Waals surface area contributed by atoms with Crippen LogP contribution < -0.4 is 10.1 Å². The van der Waals surface area contributed by atoms with Crippen LogP contribution in [0.3, 0.4) is 0 Å². The third-order valence-corrected chi connectivity index (χ3v) is 7.68. The molecule has 0 unspecified atom stereocenters. The number of amides is 2. The van der Waals surface area contributed by atoms with E-state index in [1.165, 1.54) is 43.1 Å². The maximum absolute atomic E-state index is 13.4. The number of carbonyl (C=O) groups is 2. The smallest absolute Gasteiger partial charge is 0.246 e. The summed E-state index contributed by atoms with van der Waals surface area (Å²) in [6.07, 6.45) is 7.89. The topological polar surface area (TPSA) is 126 Å². The largest absolute Gasteiger partial charge is 0.488 e. The summed E-state index contributed by atoms with van der Waals surface area (Å²) in [4.78, 5) is 30.0. The van der Waals surface area contributed by atoms with Gasteiger partial charge in [0.05, 0.1) is 19.1 Å². The van der Waals surface area contributed by atoms with E-state index in [-0.39, 0.29) is 49.5 Å². The van der Waals surface area contributed by atoms with Crippen molar-refractivity contribution in [3.05, 3.63) is 30.1 Å². The van der Waals surface area contributed by atoms with Gasteiger partial charge in [-0.25, -0.2) is 4.68 Å². The van der Waals surface area contributed by atoms with Crippen molar-refractivity contribution in [2.24, 2.45) is 11.8 Å². The van der Waals surface area contributed by atoms with Crippen LogP contribution in [0.2, 0.25) is 0 Å². The Morgan fingerprint density at radius 2 is 2.05 bits per heavy atom. The lowest BCUT2D eigenvalue weighted by molar-refractivity contribution is -0.134. The number of aromatic nitrogens is 4. The van der Waals surface area contributed by atoms with Gasteiger partial charge in [-0.05, 0) is 61.4 Å². The molecule has 4 rings (SSSR count). The van der Waals surface area contributed by atoms with Crippen LogP contribution in [0, 0.1) is 11.8 Å². The number of nitrogens with zero attached hydrogens (tertiary/aromatic N) is 6. The molecule has 2 aliphatic rings. The van der Waals surface area contributed by atoms with Crippen LogP contribution in [0.15, 0.2) is 24.5 Å². The van der Waals surface area contributed by atoms with Crippen molar-refractivity contribution in [2.45, 2.75) is 71.1 Å². The van der Waals surface area contributed by atoms with E-state index in [9.17, 15) is 14.7 Å². The number of fused-ring (bicyclic) bond motifs is 1. The first-order valence-electron chi connectivity index (χ1n) is 13.7. The van der Waals surface area contributed by atoms with Gasteiger partial charge in [-0.2, -0.15) is 0 Å². The average molecular weight is 528 g/mol. The molecule has 2 aromatic rings. The fraction of sp³-hybridized carbons (Fsp3) is 0.667. The second-order valence-corrected chi connectivity index (χ2v) is 11.0. The van der Waals surface area contributed by atoms with Crippen molar-refractivity contribution in [2.75, 3.05) is 38.6 Å². The van der Waals surface area contributed by atoms with Gasteiger partial charge in [0.15, 0.2) is 0 Å². The molecule has 0 spiro atoms. The number of benzene rings is 1. The molecular weight excluding hydrogens is 486 g/mol. The molecule has 2 amide bonds. The minimum Gasteiger partial charge on any atom is -0.488 e. The predicted molar refractivity (Wildman–Crippen MR) is 143 cm³/mol. The predicted octanol–water partition coefficient (Wildman–Crippen LogP) is 1.97. The number of tetrazole rings is 1. The molecule has 2 N–H and O–H groups in total. The van der Waals surface area contributed by atoms with Crippen molar-refractivity contribution < 1.29 is 19.4 Å². The van der Waals surface area contributed by atoms with Crippen LogP contribution in [0.5, 0.6) is 5.75 Å². The quantitative estimate of drug-likeness (QED) is 0.507. The SMILES string of the molecule is C[C@H]1CN([C@@H](C)CO)C(=O)Cc2cc(NC(=O)Cn3cnnn3)ccc2O[C@@H]1CN(C)CC1CCCCC1. The van der Waals surface area contributed by atoms with E-state index in [1.54, 1.807) is 17.0 Å². The molecule has 0 radical (unpaired) electrons. The van der Waals surface area contributed by atoms with E-state index in [2.05, 4.69) is 39.7 Å². The monoisotopic (exact) mass is 527 g/mol. The first-order valence-corrected chi connectivity index (χ1v) is 13.7. The first-order chi connectivity index (χ1) is 18.3. The zero-order valence-corrected chi connectivity index (χ0v) is 22.8. The number of rotatable bonds is 9. The molecule has 11 heteroatoms. The lowest BCUT2D eigenvalue weighted by Gasteiger charge is -2.35. The highest BCUT2D eigenvalue weighted by Gasteiger charge is 2.31. The Kier molecular flexibility index (Phi) is 9.68. The van der Waals surface area contributed by atoms with Crippen LogP contribution in [0.4, 0.5) is 5.69 Å². The molecule has 1 aromatic heterocycles. The van der Waals surface area contributed by atoms with Gasteiger partial charge in [-0.3, -0.25) is 9.59 Å². The van der Waals surface area contributed by atoms with Crippen LogP contribution >= 0.6 is 0 Å². The molecule has 1 saturated carbocycles. The summed E-state index contributed by atoms with van der Waals surface area (Å²) in [5.74, 6) is 1.08. The lowest BCUT2D eigenvalue weighted by Crippen LogP contribution is -2.48. The molecule has 1 aliphatic heterocycles. The molecule has 0 saturated heterocycles. The minimum absolute atomic E-state index is 0.0196. The van der Waals surface area contributed by atoms with Gasteiger partial charge in [0.1, 0.15) is 24.7 Å². The Morgan fingerprint density at radius 1 is 1.26 bits per heavy atom. The Labute approximate surface area is 224 Å². The van der Waals surface area contributed by atoms with Crippen molar-refractivity contribution >= 4 is 17.5 Å². The minimum atomic E-state index is -0.300. The van der Waals surface area contributed by atoms with Gasteiger partial charge in [0.2, 0.25) is 11.8 Å². The molecule has 0 bridgehead atoms. The van der Waals surface area contributed by atoms with E-state index < -0.39 is 0 Å². The normalized spacial score (nSPS) is 21.7. The fourth-order valence-electron chi connectivity index (χ4n) is 5.52. The highest BCUT2D eigenvalue weighted by Crippen LogP contribution is 2.30. The van der Waals surface area contributed by atoms with Crippen LogP contribution in [-0.2, 0) is 22.6 Å². The lowest BCUT2D eigenvalue weighted by atomic mass is 9.89. The van der Waals surface area contributed by atoms with Gasteiger partial charge >= 0.3 is 0 Å². The molecule has 11 nitrogen and oxygen atoms in total. The summed E-state index contributed by atoms with van der Waals surface area (Å²) >= 11 is 0. The third kappa shape index (κ3) is 7.50. The Bertz CT molecular complexity index is 1060. The highest BCUT2D eigenvalue weighted by molar-refractivity contribution is 5.91. The second-order valence-electron chi connectivity index (χ2n) is 11.0. The van der Waals surface area contributed by atoms with E-state index in [4.69, 9.17) is 4.74 Å². The summed E-state index contributed by atoms with van der Waals surface area (Å²) in [5.41, 5.74) is 1.28. The standard InChI is InChI=1S/C27H41N7O4/c1-19-13-34(20(2)17-35)27(37)12-22-11-23(29-26(36)16-33-18-28-30-31-33)9-10-24(22)38-25(19)15-32(3)14-21-7-5-4-6-8-21/h9-11,18-21,25,35H,4-8,12-17H2,1-3H3,(H,29,36)/t19-,20-,25+/m0/s1. The molecule has 3 atom stereocenters. The zero-order valence-electron chi connectivity index (χ0n) is 22.8. The van der Waals surface area contributed by atoms with Crippen molar-refractivity contribution in [1.82, 2.24) is 30.0 Å². The molecule has 1 aliphatic carbocycles. The zero-order chi connectivity index (χ0) is 27.1. The van der Waals surface area contributed by atoms with E-state index in [1.807, 2.05) is 13.0 Å². The third-order valence-electron chi connectivity index (χ3n) is 7.68. The Hall–Kier alpha value is -3.05. The number of nitrogens with one attached hydrogen (secondary N) is 1. The van der Waals surface area contributed by atoms with Gasteiger partial charge < -0.3 is 25.0 Å². The Morgan fingerprint density at radius 3 is 2.76 bits per heavy atom. The number of anilines is 1. The molecule has 1 fully saturated rings. The van der Waals surface area contributed by atoms with Gasteiger partial charge in [-0.15, -0.1) is 5.10 Å². The number of aliphatic hydroxyl groups excluding tert-OH is 1. The Balaban J connectivity index is 1.53. The maximum atomic E-state index is 13.4. The highest BCUT2D eigenvalue weighted by atomic mass is 16.5. The molecule has 38 heavy (non-hydrogen) atoms. The second kappa shape index (κ2) is 13.1. The molecule has 2 heterocycles. The summed E-state index contributed by atoms with van der Waals surface area (Å²) in [7, 11) is 2.15. The summed E-state index contributed by atoms with van der Waals surface area (Å²) < 4.78 is 7.95. The summed E-state index contributed by atoms with van der Waals surface area (Å²) in [6.45, 7) is 6.15. The van der Waals surface area contributed by atoms with Crippen molar-refractivity contribution in [3.63, 3.8) is 0 Å². The molecule has 1 aromatic carbocycles. The number of hydrogen-bond acceptors (Lipinski definition) is 8. The summed E-state index contributed by atoms with van der Waals surface area (Å²) in [5, 5.41) is 23.5. The van der Waals surface area contributed by atoms with Gasteiger partial charge in [-0.1, -0.05) is 26.2 Å². The number of hydrogen-bond donors (Lipinski definition) is 2. The number of aliphatic hydroxyl groups is 1. The van der Waals surface area contributed by atoms with Crippen molar-refractivity contribution in [1.29, 1.82) is 0 Å². The van der Waals surface area contributed by atoms with Crippen LogP contribution in [-0.4, -0.2) is 92.4 Å². The average Bonchev–Trinajstić information content (AvgIpc) is 3.41.